The Hall–Kier alpha value is -3.12. The largest absolute Gasteiger partial charge is 0.497 e. The molecule has 138 valence electrons. The van der Waals surface area contributed by atoms with Gasteiger partial charge in [0.1, 0.15) is 12.3 Å². The van der Waals surface area contributed by atoms with Crippen LogP contribution in [-0.2, 0) is 11.3 Å². The predicted molar refractivity (Wildman–Crippen MR) is 105 cm³/mol. The second kappa shape index (κ2) is 8.05. The number of rotatable bonds is 5. The Morgan fingerprint density at radius 1 is 1.19 bits per heavy atom. The molecule has 7 heteroatoms. The minimum absolute atomic E-state index is 0.206. The van der Waals surface area contributed by atoms with Gasteiger partial charge in [0.15, 0.2) is 0 Å². The van der Waals surface area contributed by atoms with E-state index >= 15 is 0 Å². The van der Waals surface area contributed by atoms with Crippen LogP contribution in [0.2, 0.25) is 5.02 Å². The molecule has 3 rings (SSSR count). The molecule has 0 atom stereocenters. The van der Waals surface area contributed by atoms with Crippen LogP contribution < -0.4 is 15.6 Å². The second-order valence-electron chi connectivity index (χ2n) is 5.96. The summed E-state index contributed by atoms with van der Waals surface area (Å²) in [7, 11) is 1.58. The minimum Gasteiger partial charge on any atom is -0.497 e. The maximum absolute atomic E-state index is 12.3. The van der Waals surface area contributed by atoms with Crippen LogP contribution >= 0.6 is 11.6 Å². The van der Waals surface area contributed by atoms with Gasteiger partial charge in [-0.15, -0.1) is 0 Å². The first-order valence-electron chi connectivity index (χ1n) is 8.25. The number of amides is 1. The fourth-order valence-corrected chi connectivity index (χ4v) is 2.69. The second-order valence-corrected chi connectivity index (χ2v) is 6.37. The quantitative estimate of drug-likeness (QED) is 0.731. The van der Waals surface area contributed by atoms with Crippen molar-refractivity contribution >= 4 is 23.2 Å². The van der Waals surface area contributed by atoms with Gasteiger partial charge in [-0.1, -0.05) is 29.8 Å². The number of hydrogen-bond acceptors (Lipinski definition) is 4. The molecule has 0 saturated heterocycles. The lowest BCUT2D eigenvalue weighted by Crippen LogP contribution is -2.29. The summed E-state index contributed by atoms with van der Waals surface area (Å²) in [6, 6.07) is 15.5. The van der Waals surface area contributed by atoms with Crippen LogP contribution in [0.5, 0.6) is 5.75 Å². The topological polar surface area (TPSA) is 73.2 Å². The van der Waals surface area contributed by atoms with Gasteiger partial charge in [-0.05, 0) is 42.8 Å². The number of methoxy groups -OCH3 is 1. The molecule has 1 heterocycles. The van der Waals surface area contributed by atoms with Crippen molar-refractivity contribution < 1.29 is 9.53 Å². The highest BCUT2D eigenvalue weighted by atomic mass is 35.5. The fraction of sp³-hybridized carbons (Fsp3) is 0.150. The van der Waals surface area contributed by atoms with Crippen LogP contribution in [0.4, 0.5) is 5.69 Å². The van der Waals surface area contributed by atoms with Crippen LogP contribution in [-0.4, -0.2) is 22.8 Å². The zero-order valence-electron chi connectivity index (χ0n) is 14.9. The number of anilines is 1. The van der Waals surface area contributed by atoms with Gasteiger partial charge in [0.25, 0.3) is 5.56 Å². The first kappa shape index (κ1) is 18.7. The average Bonchev–Trinajstić information content (AvgIpc) is 2.66. The van der Waals surface area contributed by atoms with Gasteiger partial charge in [0.05, 0.1) is 12.8 Å². The van der Waals surface area contributed by atoms with Crippen molar-refractivity contribution in [3.63, 3.8) is 0 Å². The number of halogens is 1. The van der Waals surface area contributed by atoms with Crippen LogP contribution in [0, 0.1) is 6.92 Å². The minimum atomic E-state index is -0.368. The highest BCUT2D eigenvalue weighted by Crippen LogP contribution is 2.21. The van der Waals surface area contributed by atoms with Gasteiger partial charge in [-0.3, -0.25) is 9.59 Å². The van der Waals surface area contributed by atoms with Crippen molar-refractivity contribution in [2.75, 3.05) is 12.4 Å². The third-order valence-electron chi connectivity index (χ3n) is 3.98. The lowest BCUT2D eigenvalue weighted by molar-refractivity contribution is -0.117. The number of nitrogens with zero attached hydrogens (tertiary/aromatic N) is 2. The summed E-state index contributed by atoms with van der Waals surface area (Å²) < 4.78 is 6.33. The summed E-state index contributed by atoms with van der Waals surface area (Å²) in [5, 5.41) is 7.57. The average molecular weight is 384 g/mol. The van der Waals surface area contributed by atoms with E-state index in [-0.39, 0.29) is 18.0 Å². The number of aromatic nitrogens is 2. The Morgan fingerprint density at radius 2 is 2.00 bits per heavy atom. The molecule has 0 aliphatic carbocycles. The van der Waals surface area contributed by atoms with Crippen LogP contribution in [0.25, 0.3) is 11.3 Å². The molecule has 2 aromatic carbocycles. The molecular formula is C20H18ClN3O3. The van der Waals surface area contributed by atoms with Crippen LogP contribution in [0.15, 0.2) is 59.4 Å². The van der Waals surface area contributed by atoms with Crippen molar-refractivity contribution in [1.82, 2.24) is 9.78 Å². The maximum atomic E-state index is 12.3. The SMILES string of the molecule is COc1cccc(-c2ccc(=O)n(CC(=O)Nc3ccc(C)c(Cl)c3)n2)c1. The molecule has 27 heavy (non-hydrogen) atoms. The van der Waals surface area contributed by atoms with E-state index in [1.165, 1.54) is 6.07 Å². The van der Waals surface area contributed by atoms with E-state index in [0.29, 0.717) is 22.2 Å². The van der Waals surface area contributed by atoms with E-state index in [2.05, 4.69) is 10.4 Å². The van der Waals surface area contributed by atoms with Gasteiger partial charge < -0.3 is 10.1 Å². The molecule has 0 aliphatic heterocycles. The maximum Gasteiger partial charge on any atom is 0.267 e. The fourth-order valence-electron chi connectivity index (χ4n) is 2.51. The Kier molecular flexibility index (Phi) is 5.57. The predicted octanol–water partition coefficient (Wildman–Crippen LogP) is 3.52. The zero-order chi connectivity index (χ0) is 19.4. The molecule has 1 N–H and O–H groups in total. The standard InChI is InChI=1S/C20H18ClN3O3/c1-13-6-7-15(11-17(13)21)22-19(25)12-24-20(26)9-8-18(23-24)14-4-3-5-16(10-14)27-2/h3-11H,12H2,1-2H3,(H,22,25). The first-order valence-corrected chi connectivity index (χ1v) is 8.62. The van der Waals surface area contributed by atoms with Gasteiger partial charge in [-0.25, -0.2) is 4.68 Å². The molecule has 6 nitrogen and oxygen atoms in total. The normalized spacial score (nSPS) is 10.5. The Labute approximate surface area is 161 Å². The zero-order valence-corrected chi connectivity index (χ0v) is 15.7. The summed E-state index contributed by atoms with van der Waals surface area (Å²) in [5.41, 5.74) is 2.47. The van der Waals surface area contributed by atoms with Crippen LogP contribution in [0.1, 0.15) is 5.56 Å². The summed E-state index contributed by atoms with van der Waals surface area (Å²) in [5.74, 6) is 0.313. The van der Waals surface area contributed by atoms with Gasteiger partial charge in [0, 0.05) is 22.3 Å². The number of carbonyl (C=O) groups excluding carboxylic acids is 1. The summed E-state index contributed by atoms with van der Waals surface area (Å²) in [6.07, 6.45) is 0. The monoisotopic (exact) mass is 383 g/mol. The third kappa shape index (κ3) is 4.54. The molecule has 0 radical (unpaired) electrons. The number of aryl methyl sites for hydroxylation is 1. The lowest BCUT2D eigenvalue weighted by atomic mass is 10.1. The summed E-state index contributed by atoms with van der Waals surface area (Å²) >= 11 is 6.07. The number of ether oxygens (including phenoxy) is 1. The Balaban J connectivity index is 1.80. The molecule has 0 saturated carbocycles. The Bertz CT molecular complexity index is 1050. The van der Waals surface area contributed by atoms with Gasteiger partial charge in [-0.2, -0.15) is 5.10 Å². The van der Waals surface area contributed by atoms with Crippen molar-refractivity contribution in [3.8, 4) is 17.0 Å². The molecule has 0 unspecified atom stereocenters. The summed E-state index contributed by atoms with van der Waals surface area (Å²) in [6.45, 7) is 1.67. The number of benzene rings is 2. The van der Waals surface area contributed by atoms with E-state index in [9.17, 15) is 9.59 Å². The molecule has 1 aromatic heterocycles. The molecule has 0 fully saturated rings. The molecule has 1 amide bonds. The third-order valence-corrected chi connectivity index (χ3v) is 4.39. The lowest BCUT2D eigenvalue weighted by Gasteiger charge is -2.09. The molecular weight excluding hydrogens is 366 g/mol. The van der Waals surface area contributed by atoms with E-state index < -0.39 is 0 Å². The van der Waals surface area contributed by atoms with E-state index in [4.69, 9.17) is 16.3 Å². The van der Waals surface area contributed by atoms with Crippen molar-refractivity contribution in [2.24, 2.45) is 0 Å². The summed E-state index contributed by atoms with van der Waals surface area (Å²) in [4.78, 5) is 24.4. The smallest absolute Gasteiger partial charge is 0.267 e. The van der Waals surface area contributed by atoms with Crippen molar-refractivity contribution in [1.29, 1.82) is 0 Å². The molecule has 0 aliphatic rings. The van der Waals surface area contributed by atoms with Crippen molar-refractivity contribution in [2.45, 2.75) is 13.5 Å². The molecule has 3 aromatic rings. The van der Waals surface area contributed by atoms with Crippen LogP contribution in [0.3, 0.4) is 0 Å². The Morgan fingerprint density at radius 3 is 2.74 bits per heavy atom. The van der Waals surface area contributed by atoms with E-state index in [0.717, 1.165) is 15.8 Å². The highest BCUT2D eigenvalue weighted by molar-refractivity contribution is 6.31. The van der Waals surface area contributed by atoms with Gasteiger partial charge >= 0.3 is 0 Å². The highest BCUT2D eigenvalue weighted by Gasteiger charge is 2.09. The molecule has 0 spiro atoms. The first-order chi connectivity index (χ1) is 13.0. The van der Waals surface area contributed by atoms with Gasteiger partial charge in [0.2, 0.25) is 5.91 Å². The van der Waals surface area contributed by atoms with Crippen molar-refractivity contribution in [3.05, 3.63) is 75.5 Å². The number of carbonyl (C=O) groups is 1. The number of nitrogens with one attached hydrogen (secondary N) is 1. The number of hydrogen-bond donors (Lipinski definition) is 1. The molecule has 0 bridgehead atoms. The van der Waals surface area contributed by atoms with E-state index in [1.807, 2.05) is 37.3 Å². The van der Waals surface area contributed by atoms with E-state index in [1.54, 1.807) is 25.3 Å².